The van der Waals surface area contributed by atoms with Gasteiger partial charge in [-0.25, -0.2) is 4.98 Å². The van der Waals surface area contributed by atoms with E-state index >= 15 is 0 Å². The van der Waals surface area contributed by atoms with Crippen LogP contribution in [0.1, 0.15) is 44.3 Å². The zero-order valence-electron chi connectivity index (χ0n) is 16.2. The van der Waals surface area contributed by atoms with Crippen molar-refractivity contribution in [3.63, 3.8) is 0 Å². The molecule has 0 spiro atoms. The van der Waals surface area contributed by atoms with Crippen molar-refractivity contribution in [2.75, 3.05) is 39.3 Å². The molecular weight excluding hydrogens is 490 g/mol. The Bertz CT molecular complexity index is 533. The van der Waals surface area contributed by atoms with Gasteiger partial charge in [0.15, 0.2) is 11.7 Å². The third kappa shape index (κ3) is 11.1. The van der Waals surface area contributed by atoms with Crippen LogP contribution in [-0.4, -0.2) is 55.1 Å². The molecule has 1 aromatic rings. The van der Waals surface area contributed by atoms with E-state index in [1.807, 2.05) is 6.92 Å². The average Bonchev–Trinajstić information content (AvgIpc) is 3.07. The molecule has 0 aliphatic rings. The van der Waals surface area contributed by atoms with E-state index in [-0.39, 0.29) is 24.0 Å². The van der Waals surface area contributed by atoms with Crippen LogP contribution in [0.3, 0.4) is 0 Å². The normalized spacial score (nSPS) is 12.2. The zero-order valence-corrected chi connectivity index (χ0v) is 19.4. The highest BCUT2D eigenvalue weighted by molar-refractivity contribution is 14.0. The van der Waals surface area contributed by atoms with Crippen LogP contribution >= 0.6 is 35.3 Å². The Kier molecular flexibility index (Phi) is 14.1. The van der Waals surface area contributed by atoms with Crippen molar-refractivity contribution >= 4 is 41.3 Å². The Hall–Kier alpha value is -0.620. The van der Waals surface area contributed by atoms with Crippen LogP contribution in [0.2, 0.25) is 0 Å². The van der Waals surface area contributed by atoms with E-state index in [9.17, 15) is 13.2 Å². The minimum atomic E-state index is -4.37. The molecule has 5 nitrogen and oxygen atoms in total. The molecule has 158 valence electrons. The summed E-state index contributed by atoms with van der Waals surface area (Å²) in [6.45, 7) is 11.5. The largest absolute Gasteiger partial charge is 0.434 e. The predicted octanol–water partition coefficient (Wildman–Crippen LogP) is 4.00. The summed E-state index contributed by atoms with van der Waals surface area (Å²) in [5, 5.41) is 7.84. The van der Waals surface area contributed by atoms with Gasteiger partial charge in [-0.05, 0) is 39.4 Å². The lowest BCUT2D eigenvalue weighted by Crippen LogP contribution is -2.38. The molecular formula is C17H31F3IN5S. The third-order valence-corrected chi connectivity index (χ3v) is 4.77. The van der Waals surface area contributed by atoms with Crippen LogP contribution in [0.25, 0.3) is 0 Å². The number of unbranched alkanes of at least 4 members (excludes halogenated alkanes) is 1. The second-order valence-electron chi connectivity index (χ2n) is 5.80. The first-order valence-corrected chi connectivity index (χ1v) is 10.0. The molecule has 0 bridgehead atoms. The van der Waals surface area contributed by atoms with Gasteiger partial charge in [-0.1, -0.05) is 13.8 Å². The number of aliphatic imine (C=N–C) groups is 1. The number of hydrogen-bond donors (Lipinski definition) is 2. The lowest BCUT2D eigenvalue weighted by Gasteiger charge is -2.17. The number of halogens is 4. The summed E-state index contributed by atoms with van der Waals surface area (Å²) in [6.07, 6.45) is -1.82. The summed E-state index contributed by atoms with van der Waals surface area (Å²) in [5.74, 6) is 0.697. The van der Waals surface area contributed by atoms with Crippen LogP contribution in [0.5, 0.6) is 0 Å². The van der Waals surface area contributed by atoms with Gasteiger partial charge in [-0.15, -0.1) is 35.3 Å². The molecule has 0 saturated heterocycles. The third-order valence-electron chi connectivity index (χ3n) is 3.86. The summed E-state index contributed by atoms with van der Waals surface area (Å²) in [4.78, 5) is 10.5. The van der Waals surface area contributed by atoms with E-state index in [2.05, 4.69) is 39.4 Å². The predicted molar refractivity (Wildman–Crippen MR) is 117 cm³/mol. The fourth-order valence-corrected chi connectivity index (χ4v) is 3.17. The van der Waals surface area contributed by atoms with E-state index in [1.54, 1.807) is 0 Å². The van der Waals surface area contributed by atoms with Crippen LogP contribution in [0.15, 0.2) is 10.4 Å². The molecule has 0 aliphatic carbocycles. The van der Waals surface area contributed by atoms with Gasteiger partial charge < -0.3 is 15.5 Å². The van der Waals surface area contributed by atoms with Crippen molar-refractivity contribution in [3.8, 4) is 0 Å². The van der Waals surface area contributed by atoms with Gasteiger partial charge in [0.25, 0.3) is 0 Å². The van der Waals surface area contributed by atoms with Crippen molar-refractivity contribution in [2.24, 2.45) is 4.99 Å². The van der Waals surface area contributed by atoms with Gasteiger partial charge in [-0.3, -0.25) is 4.99 Å². The van der Waals surface area contributed by atoms with Crippen molar-refractivity contribution in [3.05, 3.63) is 16.1 Å². The Balaban J connectivity index is 0.00000676. The summed E-state index contributed by atoms with van der Waals surface area (Å²) in [6, 6.07) is 0. The fraction of sp³-hybridized carbons (Fsp3) is 0.765. The van der Waals surface area contributed by atoms with Gasteiger partial charge in [-0.2, -0.15) is 13.2 Å². The van der Waals surface area contributed by atoms with Crippen molar-refractivity contribution in [1.29, 1.82) is 0 Å². The summed E-state index contributed by atoms with van der Waals surface area (Å²) in [7, 11) is 0. The highest BCUT2D eigenvalue weighted by atomic mass is 127. The minimum Gasteiger partial charge on any atom is -0.357 e. The number of guanidine groups is 1. The molecule has 1 heterocycles. The Morgan fingerprint density at radius 1 is 1.19 bits per heavy atom. The molecule has 27 heavy (non-hydrogen) atoms. The van der Waals surface area contributed by atoms with E-state index in [1.165, 1.54) is 0 Å². The summed E-state index contributed by atoms with van der Waals surface area (Å²) >= 11 is 1.04. The number of rotatable bonds is 11. The highest BCUT2D eigenvalue weighted by Crippen LogP contribution is 2.29. The van der Waals surface area contributed by atoms with Crippen molar-refractivity contribution < 1.29 is 13.2 Å². The molecule has 2 N–H and O–H groups in total. The van der Waals surface area contributed by atoms with Gasteiger partial charge in [0.1, 0.15) is 0 Å². The van der Waals surface area contributed by atoms with Crippen LogP contribution in [-0.2, 0) is 12.6 Å². The molecule has 0 aliphatic heterocycles. The summed E-state index contributed by atoms with van der Waals surface area (Å²) in [5.41, 5.74) is -0.814. The van der Waals surface area contributed by atoms with Crippen LogP contribution in [0, 0.1) is 0 Å². The molecule has 0 saturated carbocycles. The number of alkyl halides is 3. The number of aromatic nitrogens is 1. The number of hydrogen-bond acceptors (Lipinski definition) is 4. The number of nitrogens with zero attached hydrogens (tertiary/aromatic N) is 3. The van der Waals surface area contributed by atoms with E-state index < -0.39 is 11.9 Å². The molecule has 0 unspecified atom stereocenters. The first kappa shape index (κ1) is 26.4. The summed E-state index contributed by atoms with van der Waals surface area (Å²) < 4.78 is 37.6. The number of nitrogens with one attached hydrogen (secondary N) is 2. The molecule has 1 aromatic heterocycles. The molecule has 0 aromatic carbocycles. The smallest absolute Gasteiger partial charge is 0.357 e. The topological polar surface area (TPSA) is 52.6 Å². The lowest BCUT2D eigenvalue weighted by molar-refractivity contribution is -0.140. The second-order valence-corrected chi connectivity index (χ2v) is 6.74. The fourth-order valence-electron chi connectivity index (χ4n) is 2.36. The second kappa shape index (κ2) is 14.4. The van der Waals surface area contributed by atoms with Gasteiger partial charge in [0.05, 0.1) is 5.01 Å². The SMILES string of the molecule is CCNC(=NCCCCN(CC)CC)NCCc1nc(C(F)(F)F)cs1.I. The zero-order chi connectivity index (χ0) is 19.4. The standard InChI is InChI=1S/C17H30F3N5S.HI/c1-4-21-16(22-10-7-8-12-25(5-2)6-3)23-11-9-15-24-14(13-26-15)17(18,19)20;/h13H,4-12H2,1-3H3,(H2,21,22,23);1H. The highest BCUT2D eigenvalue weighted by Gasteiger charge is 2.33. The van der Waals surface area contributed by atoms with Crippen LogP contribution in [0.4, 0.5) is 13.2 Å². The van der Waals surface area contributed by atoms with E-state index in [4.69, 9.17) is 0 Å². The van der Waals surface area contributed by atoms with Crippen LogP contribution < -0.4 is 10.6 Å². The first-order valence-electron chi connectivity index (χ1n) is 9.16. The quantitative estimate of drug-likeness (QED) is 0.200. The maximum atomic E-state index is 12.5. The minimum absolute atomic E-state index is 0. The monoisotopic (exact) mass is 521 g/mol. The van der Waals surface area contributed by atoms with Crippen molar-refractivity contribution in [1.82, 2.24) is 20.5 Å². The maximum absolute atomic E-state index is 12.5. The molecule has 0 atom stereocenters. The lowest BCUT2D eigenvalue weighted by atomic mass is 10.3. The molecule has 1 rings (SSSR count). The molecule has 0 fully saturated rings. The maximum Gasteiger partial charge on any atom is 0.434 e. The Morgan fingerprint density at radius 3 is 2.44 bits per heavy atom. The average molecular weight is 521 g/mol. The number of thiazole rings is 1. The first-order chi connectivity index (χ1) is 12.4. The van der Waals surface area contributed by atoms with Crippen molar-refractivity contribution in [2.45, 2.75) is 46.2 Å². The van der Waals surface area contributed by atoms with Gasteiger partial charge in [0, 0.05) is 31.4 Å². The molecule has 10 heteroatoms. The van der Waals surface area contributed by atoms with Gasteiger partial charge >= 0.3 is 6.18 Å². The Morgan fingerprint density at radius 2 is 1.89 bits per heavy atom. The Labute approximate surface area is 181 Å². The molecule has 0 radical (unpaired) electrons. The van der Waals surface area contributed by atoms with E-state index in [0.29, 0.717) is 23.9 Å². The van der Waals surface area contributed by atoms with Gasteiger partial charge in [0.2, 0.25) is 0 Å². The van der Waals surface area contributed by atoms with E-state index in [0.717, 1.165) is 62.3 Å². The molecule has 0 amide bonds.